The van der Waals surface area contributed by atoms with Gasteiger partial charge in [0.1, 0.15) is 5.75 Å². The Bertz CT molecular complexity index is 865. The Balaban J connectivity index is 1.73. The topological polar surface area (TPSA) is 57.6 Å². The quantitative estimate of drug-likeness (QED) is 0.741. The van der Waals surface area contributed by atoms with Gasteiger partial charge >= 0.3 is 6.36 Å². The fraction of sp³-hybridized carbons (Fsp3) is 0.450. The Kier molecular flexibility index (Phi) is 4.90. The highest BCUT2D eigenvalue weighted by atomic mass is 19.4. The SMILES string of the molecule is OC(c1ccc(OC(F)(F)F)cc1)(c1cncc(N2CCCC2)c1)C1(F)CNC1. The lowest BCUT2D eigenvalue weighted by atomic mass is 9.71. The van der Waals surface area contributed by atoms with E-state index in [2.05, 4.69) is 19.9 Å². The van der Waals surface area contributed by atoms with Crippen LogP contribution in [0.5, 0.6) is 5.75 Å². The normalized spacial score (nSPS) is 20.8. The smallest absolute Gasteiger partial charge is 0.406 e. The second-order valence-electron chi connectivity index (χ2n) is 7.48. The standard InChI is InChI=1S/C20H21F4N3O2/c21-18(12-26-13-18)19(28,14-3-5-17(6-4-14)29-20(22,23)24)15-9-16(11-25-10-15)27-7-1-2-8-27/h3-6,9-11,26,28H,1-2,7-8,12-13H2. The number of pyridine rings is 1. The van der Waals surface area contributed by atoms with E-state index >= 15 is 4.39 Å². The summed E-state index contributed by atoms with van der Waals surface area (Å²) < 4.78 is 56.8. The predicted octanol–water partition coefficient (Wildman–Crippen LogP) is 3.13. The maximum absolute atomic E-state index is 15.6. The highest BCUT2D eigenvalue weighted by Crippen LogP contribution is 2.45. The second-order valence-corrected chi connectivity index (χ2v) is 7.48. The fourth-order valence-corrected chi connectivity index (χ4v) is 3.96. The van der Waals surface area contributed by atoms with Gasteiger partial charge in [-0.2, -0.15) is 0 Å². The van der Waals surface area contributed by atoms with Gasteiger partial charge in [0.2, 0.25) is 0 Å². The van der Waals surface area contributed by atoms with Crippen molar-refractivity contribution in [2.24, 2.45) is 0 Å². The number of aliphatic hydroxyl groups is 1. The first-order valence-electron chi connectivity index (χ1n) is 9.40. The van der Waals surface area contributed by atoms with E-state index in [0.717, 1.165) is 43.8 Å². The molecule has 29 heavy (non-hydrogen) atoms. The van der Waals surface area contributed by atoms with Crippen molar-refractivity contribution in [3.05, 3.63) is 53.9 Å². The number of aromatic nitrogens is 1. The van der Waals surface area contributed by atoms with E-state index in [1.807, 2.05) is 0 Å². The zero-order chi connectivity index (χ0) is 20.7. The van der Waals surface area contributed by atoms with Crippen molar-refractivity contribution < 1.29 is 27.4 Å². The molecule has 1 aromatic carbocycles. The molecule has 0 bridgehead atoms. The van der Waals surface area contributed by atoms with Gasteiger partial charge in [0, 0.05) is 37.9 Å². The van der Waals surface area contributed by atoms with Gasteiger partial charge in [0.15, 0.2) is 11.3 Å². The van der Waals surface area contributed by atoms with Crippen LogP contribution in [-0.2, 0) is 5.60 Å². The Morgan fingerprint density at radius 3 is 2.24 bits per heavy atom. The minimum atomic E-state index is -4.83. The first kappa shape index (κ1) is 19.9. The third-order valence-electron chi connectivity index (χ3n) is 5.58. The van der Waals surface area contributed by atoms with E-state index in [9.17, 15) is 18.3 Å². The van der Waals surface area contributed by atoms with Crippen LogP contribution in [0, 0.1) is 0 Å². The van der Waals surface area contributed by atoms with Gasteiger partial charge in [-0.15, -0.1) is 13.2 Å². The van der Waals surface area contributed by atoms with Crippen LogP contribution in [0.25, 0.3) is 0 Å². The van der Waals surface area contributed by atoms with Gasteiger partial charge in [-0.25, -0.2) is 4.39 Å². The molecular weight excluding hydrogens is 390 g/mol. The van der Waals surface area contributed by atoms with Crippen molar-refractivity contribution in [3.63, 3.8) is 0 Å². The van der Waals surface area contributed by atoms with E-state index in [1.54, 1.807) is 12.3 Å². The van der Waals surface area contributed by atoms with Crippen molar-refractivity contribution in [3.8, 4) is 5.75 Å². The molecule has 1 atom stereocenters. The number of hydrogen-bond acceptors (Lipinski definition) is 5. The lowest BCUT2D eigenvalue weighted by Crippen LogP contribution is -2.68. The maximum Gasteiger partial charge on any atom is 0.573 e. The monoisotopic (exact) mass is 411 g/mol. The van der Waals surface area contributed by atoms with E-state index in [1.165, 1.54) is 18.3 Å². The van der Waals surface area contributed by atoms with Crippen LogP contribution in [-0.4, -0.2) is 48.3 Å². The molecular formula is C20H21F4N3O2. The highest BCUT2D eigenvalue weighted by molar-refractivity contribution is 5.52. The number of nitrogens with one attached hydrogen (secondary N) is 1. The number of ether oxygens (including phenoxy) is 1. The van der Waals surface area contributed by atoms with Crippen LogP contribution in [0.4, 0.5) is 23.2 Å². The fourth-order valence-electron chi connectivity index (χ4n) is 3.96. The number of alkyl halides is 4. The Hall–Kier alpha value is -2.39. The van der Waals surface area contributed by atoms with Gasteiger partial charge in [-0.1, -0.05) is 12.1 Å². The van der Waals surface area contributed by atoms with Gasteiger partial charge in [-0.05, 0) is 36.6 Å². The molecule has 0 spiro atoms. The summed E-state index contributed by atoms with van der Waals surface area (Å²) in [5.41, 5.74) is -2.92. The van der Waals surface area contributed by atoms with E-state index in [-0.39, 0.29) is 24.2 Å². The minimum absolute atomic E-state index is 0.0851. The van der Waals surface area contributed by atoms with Crippen LogP contribution in [0.15, 0.2) is 42.7 Å². The van der Waals surface area contributed by atoms with E-state index < -0.39 is 23.4 Å². The first-order chi connectivity index (χ1) is 13.7. The first-order valence-corrected chi connectivity index (χ1v) is 9.40. The summed E-state index contributed by atoms with van der Waals surface area (Å²) in [6, 6.07) is 6.35. The molecule has 156 valence electrons. The van der Waals surface area contributed by atoms with Crippen LogP contribution < -0.4 is 15.0 Å². The molecule has 2 aromatic rings. The average molecular weight is 411 g/mol. The Morgan fingerprint density at radius 1 is 1.03 bits per heavy atom. The zero-order valence-corrected chi connectivity index (χ0v) is 15.5. The molecule has 2 aliphatic heterocycles. The summed E-state index contributed by atoms with van der Waals surface area (Å²) in [5, 5.41) is 14.4. The lowest BCUT2D eigenvalue weighted by Gasteiger charge is -2.48. The number of anilines is 1. The van der Waals surface area contributed by atoms with E-state index in [4.69, 9.17) is 0 Å². The van der Waals surface area contributed by atoms with Crippen molar-refractivity contribution >= 4 is 5.69 Å². The maximum atomic E-state index is 15.6. The molecule has 3 heterocycles. The lowest BCUT2D eigenvalue weighted by molar-refractivity contribution is -0.274. The summed E-state index contributed by atoms with van der Waals surface area (Å²) in [6.45, 7) is 1.54. The highest BCUT2D eigenvalue weighted by Gasteiger charge is 2.57. The van der Waals surface area contributed by atoms with Crippen molar-refractivity contribution in [2.75, 3.05) is 31.1 Å². The molecule has 0 amide bonds. The molecule has 1 unspecified atom stereocenters. The van der Waals surface area contributed by atoms with Gasteiger partial charge in [0.25, 0.3) is 0 Å². The largest absolute Gasteiger partial charge is 0.573 e. The van der Waals surface area contributed by atoms with Crippen molar-refractivity contribution in [1.82, 2.24) is 10.3 Å². The summed E-state index contributed by atoms with van der Waals surface area (Å²) in [6.07, 6.45) is 0.335. The number of rotatable bonds is 5. The predicted molar refractivity (Wildman–Crippen MR) is 98.5 cm³/mol. The molecule has 2 aliphatic rings. The van der Waals surface area contributed by atoms with Crippen LogP contribution >= 0.6 is 0 Å². The van der Waals surface area contributed by atoms with Crippen molar-refractivity contribution in [2.45, 2.75) is 30.5 Å². The Labute approximate surface area is 165 Å². The second kappa shape index (κ2) is 7.14. The summed E-state index contributed by atoms with van der Waals surface area (Å²) in [4.78, 5) is 6.31. The third kappa shape index (κ3) is 3.64. The molecule has 4 rings (SSSR count). The molecule has 2 N–H and O–H groups in total. The molecule has 2 saturated heterocycles. The minimum Gasteiger partial charge on any atom is -0.406 e. The summed E-state index contributed by atoms with van der Waals surface area (Å²) in [5.74, 6) is -0.438. The van der Waals surface area contributed by atoms with Crippen molar-refractivity contribution in [1.29, 1.82) is 0 Å². The van der Waals surface area contributed by atoms with Crippen LogP contribution in [0.1, 0.15) is 24.0 Å². The zero-order valence-electron chi connectivity index (χ0n) is 15.5. The number of halogens is 4. The van der Waals surface area contributed by atoms with E-state index in [0.29, 0.717) is 0 Å². The van der Waals surface area contributed by atoms with Crippen LogP contribution in [0.3, 0.4) is 0 Å². The molecule has 1 aromatic heterocycles. The summed E-state index contributed by atoms with van der Waals surface area (Å²) >= 11 is 0. The Morgan fingerprint density at radius 2 is 1.69 bits per heavy atom. The average Bonchev–Trinajstić information content (AvgIpc) is 3.20. The summed E-state index contributed by atoms with van der Waals surface area (Å²) in [7, 11) is 0. The third-order valence-corrected chi connectivity index (χ3v) is 5.58. The molecule has 0 saturated carbocycles. The molecule has 5 nitrogen and oxygen atoms in total. The number of benzene rings is 1. The molecule has 9 heteroatoms. The molecule has 0 radical (unpaired) electrons. The molecule has 0 aliphatic carbocycles. The van der Waals surface area contributed by atoms with Gasteiger partial charge in [0.05, 0.1) is 11.9 Å². The number of hydrogen-bond donors (Lipinski definition) is 2. The molecule has 2 fully saturated rings. The van der Waals surface area contributed by atoms with Crippen LogP contribution in [0.2, 0.25) is 0 Å². The van der Waals surface area contributed by atoms with Gasteiger partial charge in [-0.3, -0.25) is 4.98 Å². The number of nitrogens with zero attached hydrogens (tertiary/aromatic N) is 2. The van der Waals surface area contributed by atoms with Gasteiger partial charge < -0.3 is 20.1 Å².